The predicted molar refractivity (Wildman–Crippen MR) is 93.3 cm³/mol. The van der Waals surface area contributed by atoms with Gasteiger partial charge in [-0.05, 0) is 51.3 Å². The van der Waals surface area contributed by atoms with Crippen molar-refractivity contribution in [2.75, 3.05) is 18.4 Å². The Labute approximate surface area is 146 Å². The average molecular weight is 344 g/mol. The molecule has 132 valence electrons. The number of fused-ring (bicyclic) bond motifs is 3. The number of nitrogens with zero attached hydrogens (tertiary/aromatic N) is 3. The van der Waals surface area contributed by atoms with Crippen LogP contribution < -0.4 is 5.32 Å². The van der Waals surface area contributed by atoms with E-state index >= 15 is 0 Å². The third kappa shape index (κ3) is 2.88. The molecule has 2 bridgehead atoms. The van der Waals surface area contributed by atoms with Gasteiger partial charge in [0.15, 0.2) is 11.6 Å². The third-order valence-corrected chi connectivity index (χ3v) is 5.71. The first kappa shape index (κ1) is 16.4. The Balaban J connectivity index is 1.54. The minimum Gasteiger partial charge on any atom is -0.350 e. The van der Waals surface area contributed by atoms with Gasteiger partial charge in [-0.25, -0.2) is 18.7 Å². The van der Waals surface area contributed by atoms with E-state index in [1.807, 2.05) is 0 Å². The normalized spacial score (nSPS) is 28.2. The van der Waals surface area contributed by atoms with Gasteiger partial charge in [-0.1, -0.05) is 12.1 Å². The number of aryl methyl sites for hydroxylation is 1. The Morgan fingerprint density at radius 2 is 1.76 bits per heavy atom. The maximum atomic E-state index is 14.1. The molecule has 25 heavy (non-hydrogen) atoms. The van der Waals surface area contributed by atoms with E-state index in [1.165, 1.54) is 25.9 Å². The van der Waals surface area contributed by atoms with Crippen LogP contribution in [0.15, 0.2) is 24.5 Å². The van der Waals surface area contributed by atoms with E-state index in [0.717, 1.165) is 0 Å². The first-order chi connectivity index (χ1) is 12.0. The zero-order chi connectivity index (χ0) is 17.6. The largest absolute Gasteiger partial charge is 0.350 e. The van der Waals surface area contributed by atoms with E-state index in [2.05, 4.69) is 27.1 Å². The number of rotatable bonds is 3. The molecular formula is C19H22F2N4. The topological polar surface area (TPSA) is 41.1 Å². The third-order valence-electron chi connectivity index (χ3n) is 5.71. The van der Waals surface area contributed by atoms with Gasteiger partial charge in [0.2, 0.25) is 5.95 Å². The fourth-order valence-electron chi connectivity index (χ4n) is 4.10. The Morgan fingerprint density at radius 3 is 2.40 bits per heavy atom. The highest BCUT2D eigenvalue weighted by Gasteiger charge is 2.39. The lowest BCUT2D eigenvalue weighted by Crippen LogP contribution is -2.59. The molecule has 3 aliphatic rings. The van der Waals surface area contributed by atoms with E-state index in [4.69, 9.17) is 0 Å². The molecule has 3 aliphatic heterocycles. The Bertz CT molecular complexity index is 768. The second-order valence-corrected chi connectivity index (χ2v) is 7.14. The zero-order valence-corrected chi connectivity index (χ0v) is 14.5. The van der Waals surface area contributed by atoms with E-state index in [-0.39, 0.29) is 11.1 Å². The van der Waals surface area contributed by atoms with Gasteiger partial charge in [-0.3, -0.25) is 4.90 Å². The van der Waals surface area contributed by atoms with Crippen LogP contribution >= 0.6 is 0 Å². The molecule has 0 spiro atoms. The number of nitrogens with one attached hydrogen (secondary N) is 1. The average Bonchev–Trinajstić information content (AvgIpc) is 2.64. The van der Waals surface area contributed by atoms with E-state index in [0.29, 0.717) is 29.5 Å². The van der Waals surface area contributed by atoms with Crippen molar-refractivity contribution >= 4 is 5.95 Å². The fraction of sp³-hybridized carbons (Fsp3) is 0.474. The summed E-state index contributed by atoms with van der Waals surface area (Å²) in [4.78, 5) is 11.2. The van der Waals surface area contributed by atoms with Gasteiger partial charge in [0.05, 0.1) is 0 Å². The molecule has 6 heteroatoms. The van der Waals surface area contributed by atoms with Crippen LogP contribution in [0.1, 0.15) is 25.3 Å². The Morgan fingerprint density at radius 1 is 1.08 bits per heavy atom. The van der Waals surface area contributed by atoms with Crippen molar-refractivity contribution in [2.45, 2.75) is 38.8 Å². The van der Waals surface area contributed by atoms with Crippen LogP contribution in [0.4, 0.5) is 14.7 Å². The summed E-state index contributed by atoms with van der Waals surface area (Å²) in [6, 6.07) is 3.92. The van der Waals surface area contributed by atoms with Crippen molar-refractivity contribution in [3.63, 3.8) is 0 Å². The summed E-state index contributed by atoms with van der Waals surface area (Å²) in [5, 5.41) is 3.44. The Kier molecular flexibility index (Phi) is 4.15. The molecule has 0 aliphatic carbocycles. The number of hydrogen-bond donors (Lipinski definition) is 1. The highest BCUT2D eigenvalue weighted by Crippen LogP contribution is 2.33. The summed E-state index contributed by atoms with van der Waals surface area (Å²) >= 11 is 0. The lowest BCUT2D eigenvalue weighted by atomic mass is 9.79. The van der Waals surface area contributed by atoms with Crippen LogP contribution in [-0.2, 0) is 0 Å². The number of aromatic nitrogens is 2. The molecule has 1 aromatic heterocycles. The molecule has 3 saturated heterocycles. The van der Waals surface area contributed by atoms with E-state index in [1.54, 1.807) is 31.5 Å². The highest BCUT2D eigenvalue weighted by molar-refractivity contribution is 5.63. The lowest BCUT2D eigenvalue weighted by molar-refractivity contribution is 0.0455. The smallest absolute Gasteiger partial charge is 0.222 e. The summed E-state index contributed by atoms with van der Waals surface area (Å²) in [5.74, 6) is -0.481. The molecule has 2 aromatic rings. The molecule has 4 nitrogen and oxygen atoms in total. The summed E-state index contributed by atoms with van der Waals surface area (Å²) in [6.45, 7) is 6.12. The van der Waals surface area contributed by atoms with Crippen LogP contribution in [0.5, 0.6) is 0 Å². The second kappa shape index (κ2) is 6.33. The van der Waals surface area contributed by atoms with Crippen molar-refractivity contribution in [3.05, 3.63) is 41.7 Å². The van der Waals surface area contributed by atoms with Crippen LogP contribution in [0, 0.1) is 24.5 Å². The zero-order valence-electron chi connectivity index (χ0n) is 14.5. The first-order valence-corrected chi connectivity index (χ1v) is 8.82. The van der Waals surface area contributed by atoms with Gasteiger partial charge in [-0.15, -0.1) is 0 Å². The first-order valence-electron chi connectivity index (χ1n) is 8.82. The van der Waals surface area contributed by atoms with Crippen molar-refractivity contribution in [3.8, 4) is 11.1 Å². The Hall–Kier alpha value is -2.08. The molecule has 0 amide bonds. The maximum Gasteiger partial charge on any atom is 0.222 e. The number of halogens is 2. The molecule has 2 unspecified atom stereocenters. The minimum absolute atomic E-state index is 0.186. The minimum atomic E-state index is -0.852. The predicted octanol–water partition coefficient (Wildman–Crippen LogP) is 3.62. The molecule has 0 saturated carbocycles. The molecule has 5 rings (SSSR count). The van der Waals surface area contributed by atoms with Gasteiger partial charge >= 0.3 is 0 Å². The highest BCUT2D eigenvalue weighted by atomic mass is 19.2. The van der Waals surface area contributed by atoms with Crippen molar-refractivity contribution in [1.82, 2.24) is 14.9 Å². The van der Waals surface area contributed by atoms with Gasteiger partial charge < -0.3 is 5.32 Å². The van der Waals surface area contributed by atoms with E-state index < -0.39 is 11.6 Å². The van der Waals surface area contributed by atoms with Gasteiger partial charge in [0.25, 0.3) is 0 Å². The standard InChI is InChI=1S/C19H22F2N4/c1-11-3-4-15(17(21)16(11)20)14-9-22-19(23-10-14)24-18-12(2)25-7-5-13(18)6-8-25/h3-4,9-10,12-13,18H,5-8H2,1-2H3,(H,22,23,24). The van der Waals surface area contributed by atoms with Crippen LogP contribution in [-0.4, -0.2) is 40.0 Å². The second-order valence-electron chi connectivity index (χ2n) is 7.14. The van der Waals surface area contributed by atoms with Crippen molar-refractivity contribution in [2.24, 2.45) is 5.92 Å². The summed E-state index contributed by atoms with van der Waals surface area (Å²) in [7, 11) is 0. The van der Waals surface area contributed by atoms with Crippen LogP contribution in [0.2, 0.25) is 0 Å². The van der Waals surface area contributed by atoms with Gasteiger partial charge in [0, 0.05) is 35.6 Å². The molecule has 2 atom stereocenters. The molecule has 1 N–H and O–H groups in total. The fourth-order valence-corrected chi connectivity index (χ4v) is 4.10. The molecular weight excluding hydrogens is 322 g/mol. The monoisotopic (exact) mass is 344 g/mol. The summed E-state index contributed by atoms with van der Waals surface area (Å²) < 4.78 is 27.9. The van der Waals surface area contributed by atoms with E-state index in [9.17, 15) is 8.78 Å². The quantitative estimate of drug-likeness (QED) is 0.923. The lowest BCUT2D eigenvalue weighted by Gasteiger charge is -2.49. The molecule has 3 fully saturated rings. The maximum absolute atomic E-state index is 14.1. The molecule has 1 aromatic carbocycles. The van der Waals surface area contributed by atoms with Gasteiger partial charge in [-0.2, -0.15) is 0 Å². The van der Waals surface area contributed by atoms with Crippen LogP contribution in [0.25, 0.3) is 11.1 Å². The molecule has 4 heterocycles. The van der Waals surface area contributed by atoms with Gasteiger partial charge in [0.1, 0.15) is 0 Å². The van der Waals surface area contributed by atoms with Crippen LogP contribution in [0.3, 0.4) is 0 Å². The summed E-state index contributed by atoms with van der Waals surface area (Å²) in [6.07, 6.45) is 5.50. The number of hydrogen-bond acceptors (Lipinski definition) is 4. The van der Waals surface area contributed by atoms with Crippen molar-refractivity contribution < 1.29 is 8.78 Å². The number of anilines is 1. The molecule has 0 radical (unpaired) electrons. The van der Waals surface area contributed by atoms with Crippen molar-refractivity contribution in [1.29, 1.82) is 0 Å². The number of piperidine rings is 3. The summed E-state index contributed by atoms with van der Waals surface area (Å²) in [5.41, 5.74) is 0.951. The SMILES string of the molecule is Cc1ccc(-c2cnc(NC3C4CCN(CC4)C3C)nc2)c(F)c1F. The number of benzene rings is 1.